The molecule has 1 unspecified atom stereocenters. The molecule has 0 saturated heterocycles. The maximum atomic E-state index is 11.6. The number of aromatic hydroxyl groups is 1. The Morgan fingerprint density at radius 1 is 1.03 bits per heavy atom. The molecule has 31 heavy (non-hydrogen) atoms. The van der Waals surface area contributed by atoms with Crippen LogP contribution in [-0.2, 0) is 16.0 Å². The van der Waals surface area contributed by atoms with E-state index in [9.17, 15) is 19.8 Å². The van der Waals surface area contributed by atoms with Crippen LogP contribution in [0, 0.1) is 0 Å². The summed E-state index contributed by atoms with van der Waals surface area (Å²) in [6.07, 6.45) is 0.466. The van der Waals surface area contributed by atoms with Crippen molar-refractivity contribution in [2.75, 3.05) is 20.3 Å². The van der Waals surface area contributed by atoms with Crippen molar-refractivity contribution in [2.24, 2.45) is 0 Å². The highest BCUT2D eigenvalue weighted by molar-refractivity contribution is 6.32. The average molecular weight is 453 g/mol. The summed E-state index contributed by atoms with van der Waals surface area (Å²) in [5, 5.41) is 20.9. The van der Waals surface area contributed by atoms with Crippen LogP contribution in [0.1, 0.15) is 43.1 Å². The van der Waals surface area contributed by atoms with Gasteiger partial charge in [0.15, 0.2) is 5.78 Å². The van der Waals surface area contributed by atoms with E-state index in [4.69, 9.17) is 21.1 Å². The predicted octanol–water partition coefficient (Wildman–Crippen LogP) is 4.20. The van der Waals surface area contributed by atoms with Crippen molar-refractivity contribution < 1.29 is 34.0 Å². The highest BCUT2D eigenvalue weighted by atomic mass is 35.5. The van der Waals surface area contributed by atoms with Gasteiger partial charge in [-0.05, 0) is 37.6 Å². The van der Waals surface area contributed by atoms with Crippen LogP contribution in [-0.4, -0.2) is 48.4 Å². The molecule has 2 rings (SSSR count). The topological polar surface area (TPSA) is 102 Å². The zero-order valence-electron chi connectivity index (χ0n) is 18.2. The molecule has 170 valence electrons. The van der Waals surface area contributed by atoms with Gasteiger partial charge in [-0.15, -0.1) is 0 Å². The van der Waals surface area contributed by atoms with Gasteiger partial charge in [0.05, 0.1) is 17.7 Å². The Morgan fingerprint density at radius 2 is 1.61 bits per heavy atom. The molecule has 0 aromatic heterocycles. The van der Waals surface area contributed by atoms with Crippen LogP contribution in [0.25, 0.3) is 0 Å². The van der Waals surface area contributed by atoms with Gasteiger partial charge in [-0.3, -0.25) is 9.59 Å². The third kappa shape index (κ3) is 8.86. The van der Waals surface area contributed by atoms with Gasteiger partial charge < -0.3 is 24.4 Å². The number of carbonyl (C=O) groups is 2. The van der Waals surface area contributed by atoms with Crippen LogP contribution in [0.5, 0.6) is 17.2 Å². The Labute approximate surface area is 187 Å². The number of ether oxygens (including phenoxy) is 3. The Hall–Kier alpha value is -2.77. The third-order valence-corrected chi connectivity index (χ3v) is 4.42. The lowest BCUT2D eigenvalue weighted by Crippen LogP contribution is -2.25. The summed E-state index contributed by atoms with van der Waals surface area (Å²) in [5.41, 5.74) is 0.836. The molecule has 0 aliphatic heterocycles. The standard InChI is InChI=1S/C20H23ClO5.C3H6O2/c1-3-6-16-18(10-9-15(13(2)22)20(16)24)25-11-14(23)12-26-19-8-5-4-7-17(19)21;1-3(4)5-2/h4-5,7-10,14,23-24H,3,6,11-12H2,1-2H3;1-2H3. The van der Waals surface area contributed by atoms with Gasteiger partial charge >= 0.3 is 5.97 Å². The number of rotatable bonds is 9. The number of hydrogen-bond acceptors (Lipinski definition) is 7. The molecule has 2 N–H and O–H groups in total. The summed E-state index contributed by atoms with van der Waals surface area (Å²) in [6.45, 7) is 4.74. The second-order valence-corrected chi connectivity index (χ2v) is 7.05. The van der Waals surface area contributed by atoms with E-state index in [0.29, 0.717) is 28.5 Å². The number of hydrogen-bond donors (Lipinski definition) is 2. The lowest BCUT2D eigenvalue weighted by molar-refractivity contribution is -0.137. The van der Waals surface area contributed by atoms with Gasteiger partial charge in [-0.25, -0.2) is 0 Å². The van der Waals surface area contributed by atoms with Crippen molar-refractivity contribution >= 4 is 23.4 Å². The predicted molar refractivity (Wildman–Crippen MR) is 118 cm³/mol. The molecule has 0 saturated carbocycles. The Balaban J connectivity index is 0.000000861. The first-order valence-corrected chi connectivity index (χ1v) is 10.2. The lowest BCUT2D eigenvalue weighted by Gasteiger charge is -2.17. The SMILES string of the molecule is CCCc1c(OCC(O)COc2ccccc2Cl)ccc(C(C)=O)c1O.COC(C)=O. The number of halogens is 1. The molecular weight excluding hydrogens is 424 g/mol. The van der Waals surface area contributed by atoms with E-state index in [1.807, 2.05) is 6.92 Å². The maximum absolute atomic E-state index is 11.6. The van der Waals surface area contributed by atoms with E-state index >= 15 is 0 Å². The number of methoxy groups -OCH3 is 1. The summed E-state index contributed by atoms with van der Waals surface area (Å²) >= 11 is 6.00. The second kappa shape index (κ2) is 13.5. The minimum atomic E-state index is -0.879. The van der Waals surface area contributed by atoms with Crippen molar-refractivity contribution in [3.8, 4) is 17.2 Å². The van der Waals surface area contributed by atoms with Crippen molar-refractivity contribution in [1.29, 1.82) is 0 Å². The zero-order chi connectivity index (χ0) is 23.4. The minimum Gasteiger partial charge on any atom is -0.507 e. The van der Waals surface area contributed by atoms with Gasteiger partial charge in [0, 0.05) is 12.5 Å². The minimum absolute atomic E-state index is 0.0139. The Morgan fingerprint density at radius 3 is 2.13 bits per heavy atom. The van der Waals surface area contributed by atoms with E-state index in [2.05, 4.69) is 4.74 Å². The summed E-state index contributed by atoms with van der Waals surface area (Å²) < 4.78 is 15.2. The largest absolute Gasteiger partial charge is 0.507 e. The number of esters is 1. The van der Waals surface area contributed by atoms with Crippen molar-refractivity contribution in [3.05, 3.63) is 52.5 Å². The van der Waals surface area contributed by atoms with Gasteiger partial charge in [0.1, 0.15) is 36.6 Å². The van der Waals surface area contributed by atoms with Gasteiger partial charge in [0.25, 0.3) is 0 Å². The third-order valence-electron chi connectivity index (χ3n) is 4.11. The molecule has 2 aromatic rings. The van der Waals surface area contributed by atoms with E-state index in [-0.39, 0.29) is 36.3 Å². The molecule has 0 amide bonds. The first-order valence-electron chi connectivity index (χ1n) is 9.79. The normalized spacial score (nSPS) is 11.0. The fourth-order valence-corrected chi connectivity index (χ4v) is 2.70. The molecule has 0 aliphatic rings. The molecule has 0 heterocycles. The molecule has 0 spiro atoms. The number of Topliss-reactive ketones (excluding diaryl/α,β-unsaturated/α-hetero) is 1. The highest BCUT2D eigenvalue weighted by Gasteiger charge is 2.17. The van der Waals surface area contributed by atoms with E-state index < -0.39 is 6.10 Å². The summed E-state index contributed by atoms with van der Waals surface area (Å²) in [7, 11) is 1.35. The average Bonchev–Trinajstić information content (AvgIpc) is 2.73. The molecular formula is C23H29ClO7. The second-order valence-electron chi connectivity index (χ2n) is 6.65. The summed E-state index contributed by atoms with van der Waals surface area (Å²) in [5.74, 6) is 0.428. The zero-order valence-corrected chi connectivity index (χ0v) is 18.9. The number of aliphatic hydroxyl groups is 1. The number of para-hydroxylation sites is 1. The smallest absolute Gasteiger partial charge is 0.302 e. The fourth-order valence-electron chi connectivity index (χ4n) is 2.51. The fraction of sp³-hybridized carbons (Fsp3) is 0.391. The van der Waals surface area contributed by atoms with Gasteiger partial charge in [-0.2, -0.15) is 0 Å². The van der Waals surface area contributed by atoms with Crippen molar-refractivity contribution in [3.63, 3.8) is 0 Å². The van der Waals surface area contributed by atoms with E-state index in [0.717, 1.165) is 6.42 Å². The molecule has 1 atom stereocenters. The van der Waals surface area contributed by atoms with Crippen molar-refractivity contribution in [1.82, 2.24) is 0 Å². The number of carbonyl (C=O) groups excluding carboxylic acids is 2. The van der Waals surface area contributed by atoms with E-state index in [1.54, 1.807) is 30.3 Å². The molecule has 0 fully saturated rings. The lowest BCUT2D eigenvalue weighted by atomic mass is 10.0. The van der Waals surface area contributed by atoms with Crippen LogP contribution < -0.4 is 9.47 Å². The monoisotopic (exact) mass is 452 g/mol. The van der Waals surface area contributed by atoms with Crippen LogP contribution in [0.4, 0.5) is 0 Å². The molecule has 2 aromatic carbocycles. The quantitative estimate of drug-likeness (QED) is 0.434. The van der Waals surface area contributed by atoms with Crippen LogP contribution in [0.3, 0.4) is 0 Å². The molecule has 0 radical (unpaired) electrons. The number of phenolic OH excluding ortho intramolecular Hbond substituents is 1. The van der Waals surface area contributed by atoms with Crippen LogP contribution >= 0.6 is 11.6 Å². The first-order chi connectivity index (χ1) is 14.7. The molecule has 0 bridgehead atoms. The highest BCUT2D eigenvalue weighted by Crippen LogP contribution is 2.33. The molecule has 0 aliphatic carbocycles. The number of benzene rings is 2. The van der Waals surface area contributed by atoms with Gasteiger partial charge in [-0.1, -0.05) is 37.1 Å². The number of ketones is 1. The molecule has 8 heteroatoms. The van der Waals surface area contributed by atoms with Crippen LogP contribution in [0.2, 0.25) is 5.02 Å². The van der Waals surface area contributed by atoms with Crippen molar-refractivity contribution in [2.45, 2.75) is 39.7 Å². The Bertz CT molecular complexity index is 867. The molecule has 7 nitrogen and oxygen atoms in total. The maximum Gasteiger partial charge on any atom is 0.302 e. The summed E-state index contributed by atoms with van der Waals surface area (Å²) in [4.78, 5) is 21.2. The van der Waals surface area contributed by atoms with E-state index in [1.165, 1.54) is 27.0 Å². The number of phenols is 1. The number of aliphatic hydroxyl groups excluding tert-OH is 1. The summed E-state index contributed by atoms with van der Waals surface area (Å²) in [6, 6.07) is 10.2. The van der Waals surface area contributed by atoms with Gasteiger partial charge in [0.2, 0.25) is 0 Å². The van der Waals surface area contributed by atoms with Crippen LogP contribution in [0.15, 0.2) is 36.4 Å². The Kier molecular flexibility index (Phi) is 11.5. The first kappa shape index (κ1) is 26.3.